The monoisotopic (exact) mass is 196 g/mol. The summed E-state index contributed by atoms with van der Waals surface area (Å²) in [4.78, 5) is 17.0. The van der Waals surface area contributed by atoms with Crippen LogP contribution >= 0.6 is 0 Å². The van der Waals surface area contributed by atoms with Crippen molar-refractivity contribution in [1.82, 2.24) is 20.4 Å². The van der Waals surface area contributed by atoms with E-state index in [-0.39, 0.29) is 6.03 Å². The Bertz CT molecular complexity index is 336. The fraction of sp³-hybridized carbons (Fsp3) is 0.625. The molecule has 2 heterocycles. The van der Waals surface area contributed by atoms with Gasteiger partial charge >= 0.3 is 6.03 Å². The molecule has 2 amide bonds. The van der Waals surface area contributed by atoms with E-state index in [9.17, 15) is 4.79 Å². The lowest BCUT2D eigenvalue weighted by molar-refractivity contribution is 0.217. The van der Waals surface area contributed by atoms with Gasteiger partial charge in [-0.25, -0.2) is 4.79 Å². The van der Waals surface area contributed by atoms with Gasteiger partial charge in [0.25, 0.3) is 0 Å². The first-order valence-corrected chi connectivity index (χ1v) is 4.57. The molecule has 0 radical (unpaired) electrons. The van der Waals surface area contributed by atoms with Crippen LogP contribution in [0.2, 0.25) is 0 Å². The summed E-state index contributed by atoms with van der Waals surface area (Å²) in [6.07, 6.45) is 0.644. The summed E-state index contributed by atoms with van der Waals surface area (Å²) >= 11 is 0. The quantitative estimate of drug-likeness (QED) is 0.735. The Morgan fingerprint density at radius 3 is 3.07 bits per heavy atom. The van der Waals surface area contributed by atoms with Crippen LogP contribution in [0.1, 0.15) is 11.7 Å². The van der Waals surface area contributed by atoms with Gasteiger partial charge in [-0.05, 0) is 0 Å². The highest BCUT2D eigenvalue weighted by Gasteiger charge is 2.19. The minimum Gasteiger partial charge on any atom is -0.340 e. The first-order valence-electron chi connectivity index (χ1n) is 4.57. The fourth-order valence-corrected chi connectivity index (χ4v) is 1.40. The Kier molecular flexibility index (Phi) is 2.34. The number of nitrogens with one attached hydrogen (secondary N) is 1. The number of hydrogen-bond donors (Lipinski definition) is 1. The molecule has 2 rings (SSSR count). The molecule has 14 heavy (non-hydrogen) atoms. The highest BCUT2D eigenvalue weighted by Crippen LogP contribution is 2.01. The average molecular weight is 196 g/mol. The highest BCUT2D eigenvalue weighted by molar-refractivity contribution is 5.76. The summed E-state index contributed by atoms with van der Waals surface area (Å²) < 4.78 is 4.83. The molecule has 0 atom stereocenters. The third-order valence-electron chi connectivity index (χ3n) is 2.12. The van der Waals surface area contributed by atoms with Crippen molar-refractivity contribution in [3.05, 3.63) is 11.7 Å². The maximum Gasteiger partial charge on any atom is 0.317 e. The van der Waals surface area contributed by atoms with Crippen molar-refractivity contribution in [3.63, 3.8) is 0 Å². The lowest BCUT2D eigenvalue weighted by atomic mass is 10.4. The van der Waals surface area contributed by atoms with E-state index in [1.54, 1.807) is 11.8 Å². The average Bonchev–Trinajstić information content (AvgIpc) is 2.72. The van der Waals surface area contributed by atoms with Crippen LogP contribution in [0.4, 0.5) is 4.79 Å². The molecule has 76 valence electrons. The van der Waals surface area contributed by atoms with Crippen LogP contribution in [-0.2, 0) is 6.42 Å². The van der Waals surface area contributed by atoms with Crippen LogP contribution in [0.15, 0.2) is 4.52 Å². The van der Waals surface area contributed by atoms with Crippen molar-refractivity contribution >= 4 is 6.03 Å². The number of rotatable bonds is 3. The number of aryl methyl sites for hydroxylation is 1. The minimum atomic E-state index is -0.00906. The molecule has 1 aromatic rings. The van der Waals surface area contributed by atoms with Crippen LogP contribution < -0.4 is 5.32 Å². The molecule has 0 unspecified atom stereocenters. The van der Waals surface area contributed by atoms with E-state index >= 15 is 0 Å². The van der Waals surface area contributed by atoms with Gasteiger partial charge in [-0.1, -0.05) is 5.16 Å². The van der Waals surface area contributed by atoms with Gasteiger partial charge in [0.05, 0.1) is 0 Å². The second-order valence-electron chi connectivity index (χ2n) is 3.20. The third-order valence-corrected chi connectivity index (χ3v) is 2.12. The molecular weight excluding hydrogens is 184 g/mol. The van der Waals surface area contributed by atoms with Crippen molar-refractivity contribution < 1.29 is 9.32 Å². The van der Waals surface area contributed by atoms with E-state index in [1.807, 2.05) is 0 Å². The molecule has 0 aliphatic carbocycles. The van der Waals surface area contributed by atoms with Crippen LogP contribution in [0.25, 0.3) is 0 Å². The fourth-order valence-electron chi connectivity index (χ4n) is 1.40. The SMILES string of the molecule is Cc1nc(CCN2CCNC2=O)no1. The molecule has 1 aliphatic rings. The topological polar surface area (TPSA) is 71.3 Å². The molecule has 1 aliphatic heterocycles. The second-order valence-corrected chi connectivity index (χ2v) is 3.20. The number of carbonyl (C=O) groups excluding carboxylic acids is 1. The molecule has 0 bridgehead atoms. The zero-order chi connectivity index (χ0) is 9.97. The van der Waals surface area contributed by atoms with Crippen LogP contribution in [0, 0.1) is 6.92 Å². The number of amides is 2. The number of carbonyl (C=O) groups is 1. The van der Waals surface area contributed by atoms with Crippen molar-refractivity contribution in [2.75, 3.05) is 19.6 Å². The van der Waals surface area contributed by atoms with Crippen LogP contribution in [0.5, 0.6) is 0 Å². The maximum absolute atomic E-state index is 11.2. The van der Waals surface area contributed by atoms with Crippen LogP contribution in [-0.4, -0.2) is 40.7 Å². The van der Waals surface area contributed by atoms with Crippen molar-refractivity contribution in [1.29, 1.82) is 0 Å². The summed E-state index contributed by atoms with van der Waals surface area (Å²) in [6.45, 7) is 3.88. The predicted octanol–water partition coefficient (Wildman–Crippen LogP) is -0.0543. The number of hydrogen-bond acceptors (Lipinski definition) is 4. The van der Waals surface area contributed by atoms with E-state index in [2.05, 4.69) is 15.5 Å². The Labute approximate surface area is 81.3 Å². The Morgan fingerprint density at radius 2 is 2.50 bits per heavy atom. The van der Waals surface area contributed by atoms with Gasteiger partial charge in [0.2, 0.25) is 5.89 Å². The van der Waals surface area contributed by atoms with Gasteiger partial charge in [0.15, 0.2) is 5.82 Å². The number of nitrogens with zero attached hydrogens (tertiary/aromatic N) is 3. The first-order chi connectivity index (χ1) is 6.75. The summed E-state index contributed by atoms with van der Waals surface area (Å²) in [6, 6.07) is -0.00906. The molecule has 6 heteroatoms. The van der Waals surface area contributed by atoms with Gasteiger partial charge < -0.3 is 14.7 Å². The smallest absolute Gasteiger partial charge is 0.317 e. The molecule has 0 spiro atoms. The van der Waals surface area contributed by atoms with E-state index in [4.69, 9.17) is 4.52 Å². The molecule has 0 aromatic carbocycles. The first kappa shape index (κ1) is 8.98. The zero-order valence-corrected chi connectivity index (χ0v) is 7.99. The van der Waals surface area contributed by atoms with E-state index < -0.39 is 0 Å². The molecule has 1 fully saturated rings. The van der Waals surface area contributed by atoms with E-state index in [0.29, 0.717) is 24.7 Å². The third kappa shape index (κ3) is 1.84. The minimum absolute atomic E-state index is 0.00906. The Morgan fingerprint density at radius 1 is 1.64 bits per heavy atom. The van der Waals surface area contributed by atoms with Crippen molar-refractivity contribution in [2.45, 2.75) is 13.3 Å². The zero-order valence-electron chi connectivity index (χ0n) is 7.99. The molecule has 0 saturated carbocycles. The van der Waals surface area contributed by atoms with Gasteiger partial charge in [-0.15, -0.1) is 0 Å². The maximum atomic E-state index is 11.2. The molecule has 1 saturated heterocycles. The largest absolute Gasteiger partial charge is 0.340 e. The lowest BCUT2D eigenvalue weighted by Crippen LogP contribution is -2.30. The number of aromatic nitrogens is 2. The predicted molar refractivity (Wildman–Crippen MR) is 47.7 cm³/mol. The summed E-state index contributed by atoms with van der Waals surface area (Å²) in [7, 11) is 0. The number of urea groups is 1. The molecule has 1 aromatic heterocycles. The van der Waals surface area contributed by atoms with Gasteiger partial charge in [-0.3, -0.25) is 0 Å². The lowest BCUT2D eigenvalue weighted by Gasteiger charge is -2.11. The Hall–Kier alpha value is -1.59. The Balaban J connectivity index is 1.85. The molecule has 6 nitrogen and oxygen atoms in total. The molecule has 1 N–H and O–H groups in total. The summed E-state index contributed by atoms with van der Waals surface area (Å²) in [5, 5.41) is 6.49. The molecular formula is C8H12N4O2. The van der Waals surface area contributed by atoms with E-state index in [1.165, 1.54) is 0 Å². The van der Waals surface area contributed by atoms with Gasteiger partial charge in [-0.2, -0.15) is 4.98 Å². The van der Waals surface area contributed by atoms with Crippen molar-refractivity contribution in [3.8, 4) is 0 Å². The van der Waals surface area contributed by atoms with Crippen LogP contribution in [0.3, 0.4) is 0 Å². The van der Waals surface area contributed by atoms with Gasteiger partial charge in [0, 0.05) is 33.0 Å². The van der Waals surface area contributed by atoms with Gasteiger partial charge in [0.1, 0.15) is 0 Å². The summed E-state index contributed by atoms with van der Waals surface area (Å²) in [5.74, 6) is 1.22. The van der Waals surface area contributed by atoms with E-state index in [0.717, 1.165) is 13.1 Å². The van der Waals surface area contributed by atoms with Crippen molar-refractivity contribution in [2.24, 2.45) is 0 Å². The summed E-state index contributed by atoms with van der Waals surface area (Å²) in [5.41, 5.74) is 0. The second kappa shape index (κ2) is 3.65. The normalized spacial score (nSPS) is 16.1. The standard InChI is InChI=1S/C8H12N4O2/c1-6-10-7(11-14-6)2-4-12-5-3-9-8(12)13/h2-5H2,1H3,(H,9,13). The highest BCUT2D eigenvalue weighted by atomic mass is 16.5.